The van der Waals surface area contributed by atoms with Gasteiger partial charge in [-0.25, -0.2) is 0 Å². The van der Waals surface area contributed by atoms with E-state index in [9.17, 15) is 23.1 Å². The normalized spacial score (nSPS) is 20.6. The quantitative estimate of drug-likeness (QED) is 0.269. The van der Waals surface area contributed by atoms with Gasteiger partial charge in [0, 0.05) is 18.6 Å². The lowest BCUT2D eigenvalue weighted by Gasteiger charge is -2.64. The van der Waals surface area contributed by atoms with E-state index < -0.39 is 17.3 Å². The number of ketones is 1. The number of hydrogen-bond acceptors (Lipinski definition) is 4. The van der Waals surface area contributed by atoms with Crippen molar-refractivity contribution in [1.82, 2.24) is 0 Å². The molecule has 37 heavy (non-hydrogen) atoms. The van der Waals surface area contributed by atoms with Crippen molar-refractivity contribution in [3.8, 4) is 11.8 Å². The van der Waals surface area contributed by atoms with Crippen LogP contribution >= 0.6 is 0 Å². The lowest BCUT2D eigenvalue weighted by molar-refractivity contribution is -0.143. The summed E-state index contributed by atoms with van der Waals surface area (Å²) in [6.07, 6.45) is -1.17. The Labute approximate surface area is 216 Å². The van der Waals surface area contributed by atoms with E-state index in [1.807, 2.05) is 18.2 Å². The maximum Gasteiger partial charge on any atom is 0.417 e. The minimum Gasteiger partial charge on any atom is -0.494 e. The monoisotopic (exact) mass is 513 g/mol. The summed E-state index contributed by atoms with van der Waals surface area (Å²) in [4.78, 5) is 12.8. The first-order chi connectivity index (χ1) is 17.3. The second-order valence-electron chi connectivity index (χ2n) is 10.9. The number of allylic oxidation sites excluding steroid dienone is 1. The van der Waals surface area contributed by atoms with Crippen LogP contribution in [0.15, 0.2) is 60.2 Å². The van der Waals surface area contributed by atoms with Crippen molar-refractivity contribution in [3.05, 3.63) is 76.9 Å². The number of nitriles is 1. The number of carbonyl (C=O) groups excluding carboxylic acids is 1. The van der Waals surface area contributed by atoms with E-state index in [1.54, 1.807) is 18.2 Å². The van der Waals surface area contributed by atoms with Gasteiger partial charge in [-0.05, 0) is 53.7 Å². The van der Waals surface area contributed by atoms with Crippen LogP contribution in [0.2, 0.25) is 0 Å². The number of rotatable bonds is 10. The zero-order valence-electron chi connectivity index (χ0n) is 21.7. The molecule has 0 atom stereocenters. The predicted molar refractivity (Wildman–Crippen MR) is 136 cm³/mol. The number of benzene rings is 2. The van der Waals surface area contributed by atoms with E-state index in [1.165, 1.54) is 6.07 Å². The standard InChI is InChI=1S/C30H34F3NO3/c1-28(2)26(13-15-37-23-11-10-22(19-34)24(18-23)30(31,32)33)29(3,4)27(28)17-20(12-14-35)16-25(36)21-8-6-5-7-9-21/h5-11,17-18,26-27,35H,12-16H2,1-4H3/b20-17+. The lowest BCUT2D eigenvalue weighted by atomic mass is 9.40. The summed E-state index contributed by atoms with van der Waals surface area (Å²) in [5, 5.41) is 18.6. The molecule has 1 fully saturated rings. The SMILES string of the molecule is CC1(C)C(/C=C(\CCO)CC(=O)c2ccccc2)C(C)(C)C1CCOc1ccc(C#N)c(C(F)(F)F)c1. The first kappa shape index (κ1) is 28.5. The van der Waals surface area contributed by atoms with Gasteiger partial charge in [0.2, 0.25) is 0 Å². The highest BCUT2D eigenvalue weighted by molar-refractivity contribution is 5.97. The largest absolute Gasteiger partial charge is 0.494 e. The van der Waals surface area contributed by atoms with E-state index in [0.717, 1.165) is 17.7 Å². The Morgan fingerprint density at radius 3 is 2.32 bits per heavy atom. The van der Waals surface area contributed by atoms with Crippen molar-refractivity contribution in [2.24, 2.45) is 22.7 Å². The van der Waals surface area contributed by atoms with Crippen LogP contribution in [0.4, 0.5) is 13.2 Å². The Kier molecular flexibility index (Phi) is 8.54. The van der Waals surface area contributed by atoms with Gasteiger partial charge in [0.05, 0.1) is 23.8 Å². The summed E-state index contributed by atoms with van der Waals surface area (Å²) in [6, 6.07) is 14.1. The van der Waals surface area contributed by atoms with E-state index in [0.29, 0.717) is 18.4 Å². The summed E-state index contributed by atoms with van der Waals surface area (Å²) in [5.74, 6) is 0.479. The third-order valence-electron chi connectivity index (χ3n) is 7.81. The molecule has 0 aliphatic heterocycles. The molecule has 0 amide bonds. The van der Waals surface area contributed by atoms with Crippen LogP contribution in [0.5, 0.6) is 5.75 Å². The number of aliphatic hydroxyl groups is 1. The van der Waals surface area contributed by atoms with E-state index in [2.05, 4.69) is 33.8 Å². The van der Waals surface area contributed by atoms with Crippen molar-refractivity contribution in [1.29, 1.82) is 5.26 Å². The van der Waals surface area contributed by atoms with Gasteiger partial charge >= 0.3 is 6.18 Å². The molecule has 7 heteroatoms. The van der Waals surface area contributed by atoms with Crippen LogP contribution in [-0.4, -0.2) is 24.1 Å². The maximum absolute atomic E-state index is 13.3. The van der Waals surface area contributed by atoms with Crippen LogP contribution in [-0.2, 0) is 6.18 Å². The molecule has 2 aromatic rings. The molecule has 0 aromatic heterocycles. The van der Waals surface area contributed by atoms with Gasteiger partial charge < -0.3 is 9.84 Å². The Balaban J connectivity index is 1.69. The molecular formula is C30H34F3NO3. The first-order valence-corrected chi connectivity index (χ1v) is 12.4. The molecule has 1 aliphatic rings. The number of ether oxygens (including phenoxy) is 1. The van der Waals surface area contributed by atoms with Crippen LogP contribution in [0.3, 0.4) is 0 Å². The zero-order chi connectivity index (χ0) is 27.4. The molecule has 1 N–H and O–H groups in total. The molecule has 1 saturated carbocycles. The second-order valence-corrected chi connectivity index (χ2v) is 10.9. The predicted octanol–water partition coefficient (Wildman–Crippen LogP) is 7.23. The van der Waals surface area contributed by atoms with Crippen LogP contribution in [0.25, 0.3) is 0 Å². The number of halogens is 3. The Morgan fingerprint density at radius 1 is 1.11 bits per heavy atom. The molecule has 0 unspecified atom stereocenters. The molecule has 0 saturated heterocycles. The third kappa shape index (κ3) is 6.24. The van der Waals surface area contributed by atoms with Gasteiger partial charge in [0.15, 0.2) is 5.78 Å². The molecule has 3 rings (SSSR count). The zero-order valence-corrected chi connectivity index (χ0v) is 21.7. The molecule has 2 aromatic carbocycles. The average molecular weight is 514 g/mol. The minimum absolute atomic E-state index is 0.0147. The van der Waals surface area contributed by atoms with Crippen LogP contribution in [0.1, 0.15) is 68.4 Å². The van der Waals surface area contributed by atoms with Gasteiger partial charge in [-0.2, -0.15) is 18.4 Å². The molecule has 0 heterocycles. The molecule has 1 aliphatic carbocycles. The fourth-order valence-corrected chi connectivity index (χ4v) is 6.21. The van der Waals surface area contributed by atoms with Crippen LogP contribution in [0, 0.1) is 34.0 Å². The summed E-state index contributed by atoms with van der Waals surface area (Å²) in [7, 11) is 0. The topological polar surface area (TPSA) is 70.3 Å². The Morgan fingerprint density at radius 2 is 1.76 bits per heavy atom. The molecular weight excluding hydrogens is 479 g/mol. The molecule has 0 radical (unpaired) electrons. The highest BCUT2D eigenvalue weighted by atomic mass is 19.4. The average Bonchev–Trinajstić information content (AvgIpc) is 2.84. The molecule has 198 valence electrons. The number of aliphatic hydroxyl groups excluding tert-OH is 1. The van der Waals surface area contributed by atoms with E-state index >= 15 is 0 Å². The lowest BCUT2D eigenvalue weighted by Crippen LogP contribution is -2.59. The molecule has 4 nitrogen and oxygen atoms in total. The fourth-order valence-electron chi connectivity index (χ4n) is 6.21. The number of hydrogen-bond donors (Lipinski definition) is 1. The highest BCUT2D eigenvalue weighted by Gasteiger charge is 2.59. The third-order valence-corrected chi connectivity index (χ3v) is 7.81. The van der Waals surface area contributed by atoms with Gasteiger partial charge in [-0.3, -0.25) is 4.79 Å². The van der Waals surface area contributed by atoms with Crippen LogP contribution < -0.4 is 4.74 Å². The second kappa shape index (κ2) is 11.1. The summed E-state index contributed by atoms with van der Waals surface area (Å²) in [6.45, 7) is 8.83. The smallest absolute Gasteiger partial charge is 0.417 e. The van der Waals surface area contributed by atoms with E-state index in [4.69, 9.17) is 10.00 Å². The van der Waals surface area contributed by atoms with Crippen molar-refractivity contribution >= 4 is 5.78 Å². The Hall–Kier alpha value is -3.11. The van der Waals surface area contributed by atoms with Gasteiger partial charge in [-0.1, -0.05) is 69.7 Å². The molecule has 0 bridgehead atoms. The van der Waals surface area contributed by atoms with Gasteiger partial charge in [0.25, 0.3) is 0 Å². The Bertz CT molecular complexity index is 1160. The maximum atomic E-state index is 13.3. The number of alkyl halides is 3. The van der Waals surface area contributed by atoms with Crippen molar-refractivity contribution in [2.45, 2.75) is 53.1 Å². The van der Waals surface area contributed by atoms with Gasteiger partial charge in [-0.15, -0.1) is 0 Å². The van der Waals surface area contributed by atoms with E-state index in [-0.39, 0.29) is 53.8 Å². The first-order valence-electron chi connectivity index (χ1n) is 12.4. The fraction of sp³-hybridized carbons (Fsp3) is 0.467. The number of nitrogens with zero attached hydrogens (tertiary/aromatic N) is 1. The van der Waals surface area contributed by atoms with Crippen molar-refractivity contribution in [3.63, 3.8) is 0 Å². The summed E-state index contributed by atoms with van der Waals surface area (Å²) in [5.41, 5.74) is -0.140. The molecule has 0 spiro atoms. The van der Waals surface area contributed by atoms with Crippen molar-refractivity contribution in [2.75, 3.05) is 13.2 Å². The minimum atomic E-state index is -4.63. The summed E-state index contributed by atoms with van der Waals surface area (Å²) < 4.78 is 45.5. The summed E-state index contributed by atoms with van der Waals surface area (Å²) >= 11 is 0. The van der Waals surface area contributed by atoms with Gasteiger partial charge in [0.1, 0.15) is 5.75 Å². The number of carbonyl (C=O) groups is 1. The number of Topliss-reactive ketones (excluding diaryl/α,β-unsaturated/α-hetero) is 1. The highest BCUT2D eigenvalue weighted by Crippen LogP contribution is 2.65. The van der Waals surface area contributed by atoms with Crippen molar-refractivity contribution < 1.29 is 27.8 Å².